The fourth-order valence-electron chi connectivity index (χ4n) is 5.04. The minimum absolute atomic E-state index is 0.0784. The van der Waals surface area contributed by atoms with Crippen LogP contribution >= 0.6 is 11.8 Å². The topological polar surface area (TPSA) is 147 Å². The minimum atomic E-state index is -1.09. The van der Waals surface area contributed by atoms with Crippen LogP contribution in [0.3, 0.4) is 0 Å². The molecule has 3 rings (SSSR count). The van der Waals surface area contributed by atoms with Gasteiger partial charge in [0, 0.05) is 37.2 Å². The van der Waals surface area contributed by atoms with Gasteiger partial charge in [-0.05, 0) is 45.9 Å². The van der Waals surface area contributed by atoms with Crippen LogP contribution in [0, 0.1) is 11.8 Å². The Balaban J connectivity index is 1.84. The molecular formula is C33H44N6O5S. The van der Waals surface area contributed by atoms with Gasteiger partial charge < -0.3 is 15.0 Å². The van der Waals surface area contributed by atoms with E-state index >= 15 is 0 Å². The molecule has 0 fully saturated rings. The second-order valence-electron chi connectivity index (χ2n) is 11.4. The van der Waals surface area contributed by atoms with E-state index < -0.39 is 17.9 Å². The number of aromatic amines is 1. The van der Waals surface area contributed by atoms with Crippen molar-refractivity contribution < 1.29 is 23.9 Å². The molecule has 242 valence electrons. The molecule has 0 aliphatic carbocycles. The van der Waals surface area contributed by atoms with Crippen LogP contribution < -0.4 is 5.32 Å². The molecule has 1 unspecified atom stereocenters. The lowest BCUT2D eigenvalue weighted by Gasteiger charge is -2.29. The van der Waals surface area contributed by atoms with Gasteiger partial charge in [-0.1, -0.05) is 93.9 Å². The number of methoxy groups -OCH3 is 1. The first-order valence-corrected chi connectivity index (χ1v) is 16.3. The fraction of sp³-hybridized carbons (Fsp3) is 0.485. The standard InChI is InChI=1S/C33H44N6O5S/c1-6-7-10-17-39(20-24-13-15-25(16-14-24)27-11-8-9-12-28(27)31-35-37-38-36-31)33(43)29(19-30(41)44-5)34-32(42)26(18-22(2)3)21-45-23(4)40/h8-9,11-16,22,26,29H,6-7,10,17-21H2,1-5H3,(H,34,42)(H,35,36,37,38)/t26?,29-/m0/s1. The highest BCUT2D eigenvalue weighted by molar-refractivity contribution is 8.13. The maximum Gasteiger partial charge on any atom is 0.308 e. The number of hydrogen-bond acceptors (Lipinski definition) is 9. The van der Waals surface area contributed by atoms with Gasteiger partial charge in [0.25, 0.3) is 0 Å². The van der Waals surface area contributed by atoms with Gasteiger partial charge in [-0.2, -0.15) is 0 Å². The van der Waals surface area contributed by atoms with Crippen LogP contribution in [0.15, 0.2) is 48.5 Å². The van der Waals surface area contributed by atoms with E-state index in [9.17, 15) is 19.2 Å². The quantitative estimate of drug-likeness (QED) is 0.154. The van der Waals surface area contributed by atoms with E-state index in [4.69, 9.17) is 4.74 Å². The molecule has 1 heterocycles. The highest BCUT2D eigenvalue weighted by Gasteiger charge is 2.31. The zero-order valence-electron chi connectivity index (χ0n) is 26.7. The first-order valence-electron chi connectivity index (χ1n) is 15.3. The number of nitrogens with one attached hydrogen (secondary N) is 2. The number of benzene rings is 2. The van der Waals surface area contributed by atoms with E-state index in [0.29, 0.717) is 31.1 Å². The molecule has 2 amide bonds. The normalized spacial score (nSPS) is 12.4. The molecule has 3 aromatic rings. The molecule has 0 bridgehead atoms. The number of tetrazole rings is 1. The number of rotatable bonds is 17. The molecule has 0 aliphatic rings. The van der Waals surface area contributed by atoms with Gasteiger partial charge in [-0.15, -0.1) is 5.10 Å². The van der Waals surface area contributed by atoms with Gasteiger partial charge in [0.05, 0.1) is 13.5 Å². The Morgan fingerprint density at radius 1 is 1.02 bits per heavy atom. The number of H-pyrrole nitrogens is 1. The molecule has 2 aromatic carbocycles. The Hall–Kier alpha value is -4.06. The Morgan fingerprint density at radius 2 is 1.73 bits per heavy atom. The molecule has 0 radical (unpaired) electrons. The van der Waals surface area contributed by atoms with Crippen molar-refractivity contribution in [3.05, 3.63) is 54.1 Å². The van der Waals surface area contributed by atoms with Crippen LogP contribution in [0.1, 0.15) is 65.4 Å². The molecular weight excluding hydrogens is 592 g/mol. The number of carbonyl (C=O) groups excluding carboxylic acids is 4. The van der Waals surface area contributed by atoms with Crippen LogP contribution in [-0.2, 0) is 30.5 Å². The van der Waals surface area contributed by atoms with Crippen molar-refractivity contribution in [3.8, 4) is 22.5 Å². The first kappa shape index (κ1) is 35.4. The molecule has 0 saturated heterocycles. The maximum atomic E-state index is 14.0. The minimum Gasteiger partial charge on any atom is -0.469 e. The fourth-order valence-corrected chi connectivity index (χ4v) is 5.77. The summed E-state index contributed by atoms with van der Waals surface area (Å²) in [5.41, 5.74) is 3.69. The van der Waals surface area contributed by atoms with Crippen molar-refractivity contribution in [1.29, 1.82) is 0 Å². The summed E-state index contributed by atoms with van der Waals surface area (Å²) < 4.78 is 4.88. The smallest absolute Gasteiger partial charge is 0.308 e. The molecule has 1 aromatic heterocycles. The van der Waals surface area contributed by atoms with E-state index in [0.717, 1.165) is 53.3 Å². The number of nitrogens with zero attached hydrogens (tertiary/aromatic N) is 4. The van der Waals surface area contributed by atoms with Crippen LogP contribution in [-0.4, -0.2) is 73.9 Å². The van der Waals surface area contributed by atoms with Gasteiger partial charge in [0.15, 0.2) is 10.9 Å². The molecule has 0 aliphatic heterocycles. The van der Waals surface area contributed by atoms with Gasteiger partial charge in [-0.25, -0.2) is 5.10 Å². The highest BCUT2D eigenvalue weighted by atomic mass is 32.2. The monoisotopic (exact) mass is 636 g/mol. The number of aromatic nitrogens is 4. The average molecular weight is 637 g/mol. The molecule has 45 heavy (non-hydrogen) atoms. The van der Waals surface area contributed by atoms with E-state index in [1.165, 1.54) is 14.0 Å². The number of thioether (sulfide) groups is 1. The third-order valence-corrected chi connectivity index (χ3v) is 8.31. The molecule has 0 saturated carbocycles. The number of ether oxygens (including phenoxy) is 1. The number of carbonyl (C=O) groups is 4. The van der Waals surface area contributed by atoms with Crippen molar-refractivity contribution >= 4 is 34.7 Å². The van der Waals surface area contributed by atoms with E-state index in [1.54, 1.807) is 4.90 Å². The Labute approximate surface area is 269 Å². The lowest BCUT2D eigenvalue weighted by atomic mass is 9.97. The van der Waals surface area contributed by atoms with Crippen molar-refractivity contribution in [2.45, 2.75) is 72.4 Å². The van der Waals surface area contributed by atoms with Crippen LogP contribution in [0.5, 0.6) is 0 Å². The summed E-state index contributed by atoms with van der Waals surface area (Å²) in [6, 6.07) is 14.6. The SMILES string of the molecule is CCCCCN(Cc1ccc(-c2ccccc2-c2nnn[nH]2)cc1)C(=O)[C@H](CC(=O)OC)NC(=O)C(CSC(C)=O)CC(C)C. The summed E-state index contributed by atoms with van der Waals surface area (Å²) in [5.74, 6) is -0.694. The van der Waals surface area contributed by atoms with Crippen LogP contribution in [0.4, 0.5) is 0 Å². The van der Waals surface area contributed by atoms with Gasteiger partial charge in [-0.3, -0.25) is 19.2 Å². The molecule has 2 N–H and O–H groups in total. The summed E-state index contributed by atoms with van der Waals surface area (Å²) in [7, 11) is 1.26. The average Bonchev–Trinajstić information content (AvgIpc) is 3.57. The molecule has 12 heteroatoms. The first-order chi connectivity index (χ1) is 21.6. The van der Waals surface area contributed by atoms with Crippen molar-refractivity contribution in [1.82, 2.24) is 30.8 Å². The van der Waals surface area contributed by atoms with E-state index in [1.807, 2.05) is 62.4 Å². The lowest BCUT2D eigenvalue weighted by molar-refractivity contribution is -0.146. The lowest BCUT2D eigenvalue weighted by Crippen LogP contribution is -2.51. The van der Waals surface area contributed by atoms with Gasteiger partial charge in [0.1, 0.15) is 6.04 Å². The van der Waals surface area contributed by atoms with Gasteiger partial charge in [0.2, 0.25) is 11.8 Å². The predicted molar refractivity (Wildman–Crippen MR) is 175 cm³/mol. The van der Waals surface area contributed by atoms with Crippen molar-refractivity contribution in [2.75, 3.05) is 19.4 Å². The zero-order valence-corrected chi connectivity index (χ0v) is 27.6. The summed E-state index contributed by atoms with van der Waals surface area (Å²) in [6.45, 7) is 8.33. The number of hydrogen-bond donors (Lipinski definition) is 2. The zero-order chi connectivity index (χ0) is 32.8. The molecule has 2 atom stereocenters. The largest absolute Gasteiger partial charge is 0.469 e. The molecule has 11 nitrogen and oxygen atoms in total. The summed E-state index contributed by atoms with van der Waals surface area (Å²) >= 11 is 1.09. The summed E-state index contributed by atoms with van der Waals surface area (Å²) in [6.07, 6.45) is 2.95. The van der Waals surface area contributed by atoms with Crippen LogP contribution in [0.25, 0.3) is 22.5 Å². The third kappa shape index (κ3) is 11.1. The van der Waals surface area contributed by atoms with E-state index in [2.05, 4.69) is 32.9 Å². The van der Waals surface area contributed by atoms with Gasteiger partial charge >= 0.3 is 5.97 Å². The second-order valence-corrected chi connectivity index (χ2v) is 12.6. The number of esters is 1. The van der Waals surface area contributed by atoms with E-state index in [-0.39, 0.29) is 29.3 Å². The summed E-state index contributed by atoms with van der Waals surface area (Å²) in [4.78, 5) is 53.2. The van der Waals surface area contributed by atoms with Crippen LogP contribution in [0.2, 0.25) is 0 Å². The van der Waals surface area contributed by atoms with Crippen molar-refractivity contribution in [2.24, 2.45) is 11.8 Å². The number of unbranched alkanes of at least 4 members (excludes halogenated alkanes) is 2. The Bertz CT molecular complexity index is 1400. The maximum absolute atomic E-state index is 14.0. The third-order valence-electron chi connectivity index (χ3n) is 7.34. The molecule has 0 spiro atoms. The Kier molecular flexibility index (Phi) is 14.2. The highest BCUT2D eigenvalue weighted by Crippen LogP contribution is 2.30. The van der Waals surface area contributed by atoms with Crippen molar-refractivity contribution in [3.63, 3.8) is 0 Å². The summed E-state index contributed by atoms with van der Waals surface area (Å²) in [5, 5.41) is 17.0. The number of amides is 2. The predicted octanol–water partition coefficient (Wildman–Crippen LogP) is 5.04. The Morgan fingerprint density at radius 3 is 2.33 bits per heavy atom. The second kappa shape index (κ2) is 18.0.